The van der Waals surface area contributed by atoms with Crippen molar-refractivity contribution in [2.75, 3.05) is 13.7 Å². The lowest BCUT2D eigenvalue weighted by molar-refractivity contribution is -0.192. The second kappa shape index (κ2) is 11.6. The number of aliphatic hydroxyl groups is 1. The summed E-state index contributed by atoms with van der Waals surface area (Å²) in [5.74, 6) is 1.57. The van der Waals surface area contributed by atoms with Gasteiger partial charge in [-0.1, -0.05) is 48.8 Å². The van der Waals surface area contributed by atoms with E-state index in [9.17, 15) is 9.90 Å². The Morgan fingerprint density at radius 1 is 1.25 bits per heavy atom. The fourth-order valence-electron chi connectivity index (χ4n) is 6.04. The Morgan fingerprint density at radius 3 is 2.81 bits per heavy atom. The van der Waals surface area contributed by atoms with E-state index in [-0.39, 0.29) is 24.5 Å². The molecule has 0 spiro atoms. The minimum Gasteiger partial charge on any atom is -0.469 e. The molecule has 2 unspecified atom stereocenters. The van der Waals surface area contributed by atoms with Gasteiger partial charge in [0.1, 0.15) is 0 Å². The summed E-state index contributed by atoms with van der Waals surface area (Å²) in [5.41, 5.74) is 1.35. The van der Waals surface area contributed by atoms with E-state index in [2.05, 4.69) is 30.4 Å². The molecular weight excluding hydrogens is 404 g/mol. The van der Waals surface area contributed by atoms with Crippen LogP contribution in [0.25, 0.3) is 0 Å². The minimum absolute atomic E-state index is 0.0788. The van der Waals surface area contributed by atoms with Gasteiger partial charge in [-0.25, -0.2) is 0 Å². The molecule has 0 amide bonds. The molecule has 6 atom stereocenters. The van der Waals surface area contributed by atoms with Crippen molar-refractivity contribution in [1.29, 1.82) is 0 Å². The summed E-state index contributed by atoms with van der Waals surface area (Å²) in [6.07, 6.45) is 21.9. The highest BCUT2D eigenvalue weighted by Gasteiger charge is 2.45. The van der Waals surface area contributed by atoms with Crippen molar-refractivity contribution in [3.05, 3.63) is 36.0 Å². The van der Waals surface area contributed by atoms with Crippen molar-refractivity contribution in [2.24, 2.45) is 23.7 Å². The molecule has 0 aromatic carbocycles. The van der Waals surface area contributed by atoms with E-state index >= 15 is 0 Å². The Morgan fingerprint density at radius 2 is 2.06 bits per heavy atom. The molecule has 32 heavy (non-hydrogen) atoms. The standard InChI is InChI=1S/C27H40O5/c1-30-26(29)11-5-2-8-19-16-21-18-25(32-27-12-6-7-15-31-27)22(23(21)17-19)13-14-24(28)20-9-3-4-10-20/h2,8,13-14,16,20-25,27-28H,3-7,9-12,15,17-18H2,1H3/t21-,22-,23+,24?,25+,27?/m0/s1. The number of methoxy groups -OCH3 is 1. The van der Waals surface area contributed by atoms with Crippen LogP contribution in [0.1, 0.15) is 70.6 Å². The highest BCUT2D eigenvalue weighted by atomic mass is 16.7. The smallest absolute Gasteiger partial charge is 0.305 e. The van der Waals surface area contributed by atoms with Gasteiger partial charge in [0.25, 0.3) is 0 Å². The van der Waals surface area contributed by atoms with Crippen molar-refractivity contribution >= 4 is 5.97 Å². The Kier molecular flexibility index (Phi) is 8.62. The summed E-state index contributed by atoms with van der Waals surface area (Å²) < 4.78 is 17.1. The molecule has 0 aromatic heterocycles. The third-order valence-electron chi connectivity index (χ3n) is 7.83. The van der Waals surface area contributed by atoms with E-state index < -0.39 is 0 Å². The first-order valence-electron chi connectivity index (χ1n) is 12.7. The van der Waals surface area contributed by atoms with Crippen LogP contribution in [0.3, 0.4) is 0 Å². The van der Waals surface area contributed by atoms with E-state index in [0.29, 0.717) is 36.5 Å². The van der Waals surface area contributed by atoms with Gasteiger partial charge in [0.05, 0.1) is 19.3 Å². The summed E-state index contributed by atoms with van der Waals surface area (Å²) in [6.45, 7) is 0.797. The largest absolute Gasteiger partial charge is 0.469 e. The van der Waals surface area contributed by atoms with Crippen LogP contribution in [-0.4, -0.2) is 43.3 Å². The zero-order chi connectivity index (χ0) is 22.3. The number of rotatable bonds is 9. The molecule has 3 aliphatic carbocycles. The van der Waals surface area contributed by atoms with Gasteiger partial charge in [-0.15, -0.1) is 0 Å². The molecule has 2 saturated carbocycles. The van der Waals surface area contributed by atoms with Gasteiger partial charge in [0, 0.05) is 18.9 Å². The molecule has 1 aliphatic heterocycles. The van der Waals surface area contributed by atoms with Gasteiger partial charge in [-0.05, 0) is 69.1 Å². The average Bonchev–Trinajstić information content (AvgIpc) is 3.53. The second-order valence-electron chi connectivity index (χ2n) is 9.99. The number of hydrogen-bond acceptors (Lipinski definition) is 5. The molecule has 4 rings (SSSR count). The quantitative estimate of drug-likeness (QED) is 0.396. The van der Waals surface area contributed by atoms with Crippen molar-refractivity contribution < 1.29 is 24.1 Å². The maximum Gasteiger partial charge on any atom is 0.305 e. The van der Waals surface area contributed by atoms with Crippen molar-refractivity contribution in [1.82, 2.24) is 0 Å². The highest BCUT2D eigenvalue weighted by molar-refractivity contribution is 5.69. The predicted molar refractivity (Wildman–Crippen MR) is 124 cm³/mol. The fourth-order valence-corrected chi connectivity index (χ4v) is 6.04. The monoisotopic (exact) mass is 444 g/mol. The molecule has 0 bridgehead atoms. The molecule has 5 nitrogen and oxygen atoms in total. The Bertz CT molecular complexity index is 699. The van der Waals surface area contributed by atoms with Gasteiger partial charge >= 0.3 is 5.97 Å². The molecule has 3 fully saturated rings. The third-order valence-corrected chi connectivity index (χ3v) is 7.83. The Balaban J connectivity index is 1.39. The average molecular weight is 445 g/mol. The van der Waals surface area contributed by atoms with Crippen LogP contribution >= 0.6 is 0 Å². The first-order chi connectivity index (χ1) is 15.6. The molecule has 5 heteroatoms. The topological polar surface area (TPSA) is 65.0 Å². The van der Waals surface area contributed by atoms with E-state index in [0.717, 1.165) is 45.1 Å². The van der Waals surface area contributed by atoms with Gasteiger partial charge in [-0.3, -0.25) is 4.79 Å². The van der Waals surface area contributed by atoms with E-state index in [1.54, 1.807) is 0 Å². The van der Waals surface area contributed by atoms with Crippen LogP contribution in [0.4, 0.5) is 0 Å². The third kappa shape index (κ3) is 6.12. The van der Waals surface area contributed by atoms with E-state index in [1.165, 1.54) is 31.9 Å². The van der Waals surface area contributed by atoms with Crippen molar-refractivity contribution in [3.63, 3.8) is 0 Å². The number of ether oxygens (including phenoxy) is 3. The molecule has 1 N–H and O–H groups in total. The van der Waals surface area contributed by atoms with Gasteiger partial charge in [0.2, 0.25) is 0 Å². The van der Waals surface area contributed by atoms with Crippen LogP contribution in [0.2, 0.25) is 0 Å². The number of fused-ring (bicyclic) bond motifs is 1. The molecule has 0 aromatic rings. The number of aliphatic hydroxyl groups excluding tert-OH is 1. The fraction of sp³-hybridized carbons (Fsp3) is 0.741. The van der Waals surface area contributed by atoms with Crippen molar-refractivity contribution in [3.8, 4) is 0 Å². The summed E-state index contributed by atoms with van der Waals surface area (Å²) >= 11 is 0. The van der Waals surface area contributed by atoms with Crippen LogP contribution in [0.15, 0.2) is 36.0 Å². The molecular formula is C27H40O5. The lowest BCUT2D eigenvalue weighted by Gasteiger charge is -2.29. The second-order valence-corrected chi connectivity index (χ2v) is 9.99. The lowest BCUT2D eigenvalue weighted by Crippen LogP contribution is -2.31. The maximum absolute atomic E-state index is 11.3. The zero-order valence-corrected chi connectivity index (χ0v) is 19.5. The van der Waals surface area contributed by atoms with E-state index in [4.69, 9.17) is 14.2 Å². The molecule has 178 valence electrons. The number of hydrogen-bond donors (Lipinski definition) is 1. The van der Waals surface area contributed by atoms with Crippen LogP contribution in [0.5, 0.6) is 0 Å². The maximum atomic E-state index is 11.3. The number of esters is 1. The highest BCUT2D eigenvalue weighted by Crippen LogP contribution is 2.49. The van der Waals surface area contributed by atoms with Gasteiger partial charge < -0.3 is 19.3 Å². The molecule has 1 heterocycles. The van der Waals surface area contributed by atoms with E-state index in [1.807, 2.05) is 0 Å². The van der Waals surface area contributed by atoms with Crippen molar-refractivity contribution in [2.45, 2.75) is 89.1 Å². The summed E-state index contributed by atoms with van der Waals surface area (Å²) in [7, 11) is 1.43. The Hall–Kier alpha value is -1.43. The van der Waals surface area contributed by atoms with Crippen LogP contribution < -0.4 is 0 Å². The summed E-state index contributed by atoms with van der Waals surface area (Å²) in [4.78, 5) is 11.3. The van der Waals surface area contributed by atoms with Crippen LogP contribution in [-0.2, 0) is 19.0 Å². The molecule has 1 saturated heterocycles. The number of carbonyl (C=O) groups is 1. The minimum atomic E-state index is -0.338. The SMILES string of the molecule is COC(=O)CCC=CC1=C[C@H]2C[C@@H](OC3CCCCO3)[C@@H](C=CC(O)C3CCCC3)[C@@H]2C1. The Labute approximate surface area is 192 Å². The molecule has 4 aliphatic rings. The van der Waals surface area contributed by atoms with Crippen LogP contribution in [0, 0.1) is 23.7 Å². The lowest BCUT2D eigenvalue weighted by atomic mass is 9.88. The zero-order valence-electron chi connectivity index (χ0n) is 19.5. The first-order valence-corrected chi connectivity index (χ1v) is 12.7. The number of allylic oxidation sites excluding steroid dienone is 4. The number of carbonyl (C=O) groups excluding carboxylic acids is 1. The predicted octanol–water partition coefficient (Wildman–Crippen LogP) is 5.10. The summed E-state index contributed by atoms with van der Waals surface area (Å²) in [5, 5.41) is 10.7. The van der Waals surface area contributed by atoms with Gasteiger partial charge in [0.15, 0.2) is 6.29 Å². The summed E-state index contributed by atoms with van der Waals surface area (Å²) in [6, 6.07) is 0. The molecule has 0 radical (unpaired) electrons. The van der Waals surface area contributed by atoms with Gasteiger partial charge in [-0.2, -0.15) is 0 Å². The first kappa shape index (κ1) is 23.7. The normalized spacial score (nSPS) is 34.3.